The van der Waals surface area contributed by atoms with E-state index in [-0.39, 0.29) is 27.7 Å². The fraction of sp³-hybridized carbons (Fsp3) is 0.333. The number of ether oxygens (including phenoxy) is 1. The largest absolute Gasteiger partial charge is 0.495 e. The van der Waals surface area contributed by atoms with E-state index in [1.54, 1.807) is 26.0 Å². The summed E-state index contributed by atoms with van der Waals surface area (Å²) >= 11 is 0. The first-order valence-corrected chi connectivity index (χ1v) is 10.7. The predicted octanol–water partition coefficient (Wildman–Crippen LogP) is 3.19. The zero-order valence-corrected chi connectivity index (χ0v) is 17.3. The lowest BCUT2D eigenvalue weighted by molar-refractivity contribution is 0.102. The van der Waals surface area contributed by atoms with Crippen molar-refractivity contribution in [3.05, 3.63) is 53.6 Å². The summed E-state index contributed by atoms with van der Waals surface area (Å²) in [4.78, 5) is 12.6. The highest BCUT2D eigenvalue weighted by Gasteiger charge is 2.44. The van der Waals surface area contributed by atoms with Crippen LogP contribution in [0.1, 0.15) is 42.6 Å². The molecule has 2 aromatic rings. The highest BCUT2D eigenvalue weighted by atomic mass is 32.2. The number of anilines is 1. The van der Waals surface area contributed by atoms with E-state index in [0.29, 0.717) is 5.69 Å². The van der Waals surface area contributed by atoms with Crippen LogP contribution in [-0.4, -0.2) is 27.5 Å². The Balaban J connectivity index is 1.82. The molecule has 0 atom stereocenters. The van der Waals surface area contributed by atoms with E-state index in [1.165, 1.54) is 25.3 Å². The molecule has 7 nitrogen and oxygen atoms in total. The monoisotopic (exact) mass is 413 g/mol. The molecule has 0 radical (unpaired) electrons. The van der Waals surface area contributed by atoms with Gasteiger partial charge < -0.3 is 10.1 Å². The van der Waals surface area contributed by atoms with Gasteiger partial charge in [0.05, 0.1) is 18.6 Å². The van der Waals surface area contributed by atoms with Crippen molar-refractivity contribution < 1.29 is 17.9 Å². The molecule has 29 heavy (non-hydrogen) atoms. The third-order valence-corrected chi connectivity index (χ3v) is 6.45. The van der Waals surface area contributed by atoms with Gasteiger partial charge in [0.2, 0.25) is 10.0 Å². The number of carbonyl (C=O) groups is 1. The normalized spacial score (nSPS) is 14.9. The second-order valence-electron chi connectivity index (χ2n) is 7.37. The molecular formula is C21H23N3O4S. The lowest BCUT2D eigenvalue weighted by atomic mass is 9.98. The third kappa shape index (κ3) is 4.42. The molecule has 0 saturated heterocycles. The first kappa shape index (κ1) is 20.8. The summed E-state index contributed by atoms with van der Waals surface area (Å²) in [5.41, 5.74) is 1.31. The van der Waals surface area contributed by atoms with Crippen LogP contribution in [0.2, 0.25) is 0 Å². The molecular weight excluding hydrogens is 390 g/mol. The van der Waals surface area contributed by atoms with Crippen molar-refractivity contribution in [3.8, 4) is 11.8 Å². The number of methoxy groups -OCH3 is 1. The van der Waals surface area contributed by atoms with Crippen LogP contribution in [0.25, 0.3) is 0 Å². The Bertz CT molecular complexity index is 1070. The maximum Gasteiger partial charge on any atom is 0.255 e. The van der Waals surface area contributed by atoms with Gasteiger partial charge in [-0.3, -0.25) is 4.79 Å². The minimum Gasteiger partial charge on any atom is -0.495 e. The molecule has 3 rings (SSSR count). The number of sulfonamides is 1. The molecule has 1 saturated carbocycles. The summed E-state index contributed by atoms with van der Waals surface area (Å²) < 4.78 is 32.8. The summed E-state index contributed by atoms with van der Waals surface area (Å²) in [5, 5.41) is 12.0. The maximum absolute atomic E-state index is 12.6. The molecule has 0 spiro atoms. The van der Waals surface area contributed by atoms with Gasteiger partial charge in [0.1, 0.15) is 10.6 Å². The number of nitriles is 1. The average molecular weight is 413 g/mol. The molecule has 2 aromatic carbocycles. The zero-order chi connectivity index (χ0) is 21.2. The van der Waals surface area contributed by atoms with Crippen LogP contribution in [0, 0.1) is 11.3 Å². The van der Waals surface area contributed by atoms with Crippen LogP contribution in [0.4, 0.5) is 5.69 Å². The molecule has 1 amide bonds. The van der Waals surface area contributed by atoms with Crippen molar-refractivity contribution in [1.82, 2.24) is 4.72 Å². The number of nitrogens with zero attached hydrogens (tertiary/aromatic N) is 1. The van der Waals surface area contributed by atoms with Crippen LogP contribution >= 0.6 is 0 Å². The highest BCUT2D eigenvalue weighted by Crippen LogP contribution is 2.47. The standard InChI is InChI=1S/C21H23N3O4S/c1-14(2)24-29(26,27)19-12-15(4-9-18(19)28-3)20(25)23-17-7-5-16(6-8-17)21(13-22)10-11-21/h4-9,12,14,24H,10-11H2,1-3H3,(H,23,25). The Morgan fingerprint density at radius 2 is 1.83 bits per heavy atom. The number of carbonyl (C=O) groups excluding carboxylic acids is 1. The van der Waals surface area contributed by atoms with Crippen LogP contribution in [-0.2, 0) is 15.4 Å². The molecule has 0 unspecified atom stereocenters. The van der Waals surface area contributed by atoms with Gasteiger partial charge in [-0.25, -0.2) is 13.1 Å². The van der Waals surface area contributed by atoms with Crippen molar-refractivity contribution in [3.63, 3.8) is 0 Å². The number of rotatable bonds is 7. The smallest absolute Gasteiger partial charge is 0.255 e. The number of nitrogens with one attached hydrogen (secondary N) is 2. The van der Waals surface area contributed by atoms with Crippen LogP contribution < -0.4 is 14.8 Å². The first-order chi connectivity index (χ1) is 13.7. The topological polar surface area (TPSA) is 108 Å². The molecule has 1 aliphatic carbocycles. The lowest BCUT2D eigenvalue weighted by Crippen LogP contribution is -2.30. The molecule has 0 heterocycles. The van der Waals surface area contributed by atoms with Gasteiger partial charge in [0.25, 0.3) is 5.91 Å². The first-order valence-electron chi connectivity index (χ1n) is 9.24. The Morgan fingerprint density at radius 1 is 1.17 bits per heavy atom. The molecule has 0 aromatic heterocycles. The molecule has 152 valence electrons. The molecule has 1 aliphatic rings. The van der Waals surface area contributed by atoms with Crippen LogP contribution in [0.3, 0.4) is 0 Å². The maximum atomic E-state index is 12.6. The Labute approximate surface area is 170 Å². The van der Waals surface area contributed by atoms with Gasteiger partial charge in [-0.2, -0.15) is 5.26 Å². The van der Waals surface area contributed by atoms with E-state index in [0.717, 1.165) is 18.4 Å². The quantitative estimate of drug-likeness (QED) is 0.725. The SMILES string of the molecule is COc1ccc(C(=O)Nc2ccc(C3(C#N)CC3)cc2)cc1S(=O)(=O)NC(C)C. The molecule has 0 bridgehead atoms. The van der Waals surface area contributed by atoms with Crippen molar-refractivity contribution in [2.45, 2.75) is 43.0 Å². The number of amides is 1. The van der Waals surface area contributed by atoms with E-state index in [9.17, 15) is 18.5 Å². The highest BCUT2D eigenvalue weighted by molar-refractivity contribution is 7.89. The summed E-state index contributed by atoms with van der Waals surface area (Å²) in [6.07, 6.45) is 1.70. The van der Waals surface area contributed by atoms with E-state index in [2.05, 4.69) is 16.1 Å². The Morgan fingerprint density at radius 3 is 2.34 bits per heavy atom. The molecule has 8 heteroatoms. The van der Waals surface area contributed by atoms with Crippen molar-refractivity contribution in [2.24, 2.45) is 0 Å². The summed E-state index contributed by atoms with van der Waals surface area (Å²) in [6, 6.07) is 13.4. The number of hydrogen-bond donors (Lipinski definition) is 2. The van der Waals surface area contributed by atoms with E-state index in [1.807, 2.05) is 12.1 Å². The lowest BCUT2D eigenvalue weighted by Gasteiger charge is -2.14. The van der Waals surface area contributed by atoms with Gasteiger partial charge in [-0.05, 0) is 62.6 Å². The van der Waals surface area contributed by atoms with Gasteiger partial charge in [0, 0.05) is 17.3 Å². The summed E-state index contributed by atoms with van der Waals surface area (Å²) in [5.74, 6) is -0.284. The van der Waals surface area contributed by atoms with Crippen molar-refractivity contribution in [2.75, 3.05) is 12.4 Å². The van der Waals surface area contributed by atoms with E-state index >= 15 is 0 Å². The fourth-order valence-electron chi connectivity index (χ4n) is 3.07. The average Bonchev–Trinajstić information content (AvgIpc) is 3.48. The number of hydrogen-bond acceptors (Lipinski definition) is 5. The van der Waals surface area contributed by atoms with E-state index < -0.39 is 15.9 Å². The Kier molecular flexibility index (Phi) is 5.64. The van der Waals surface area contributed by atoms with Crippen LogP contribution in [0.15, 0.2) is 47.4 Å². The van der Waals surface area contributed by atoms with Crippen molar-refractivity contribution >= 4 is 21.6 Å². The third-order valence-electron chi connectivity index (χ3n) is 4.77. The molecule has 2 N–H and O–H groups in total. The second kappa shape index (κ2) is 7.85. The fourth-order valence-corrected chi connectivity index (χ4v) is 4.51. The summed E-state index contributed by atoms with van der Waals surface area (Å²) in [6.45, 7) is 3.42. The van der Waals surface area contributed by atoms with Crippen LogP contribution in [0.5, 0.6) is 5.75 Å². The van der Waals surface area contributed by atoms with E-state index in [4.69, 9.17) is 4.74 Å². The van der Waals surface area contributed by atoms with Gasteiger partial charge >= 0.3 is 0 Å². The van der Waals surface area contributed by atoms with Gasteiger partial charge in [-0.1, -0.05) is 12.1 Å². The molecule has 0 aliphatic heterocycles. The second-order valence-corrected chi connectivity index (χ2v) is 9.05. The minimum absolute atomic E-state index is 0.0959. The van der Waals surface area contributed by atoms with Crippen molar-refractivity contribution in [1.29, 1.82) is 5.26 Å². The number of benzene rings is 2. The van der Waals surface area contributed by atoms with Gasteiger partial charge in [-0.15, -0.1) is 0 Å². The zero-order valence-electron chi connectivity index (χ0n) is 16.5. The van der Waals surface area contributed by atoms with Gasteiger partial charge in [0.15, 0.2) is 0 Å². The molecule has 1 fully saturated rings. The minimum atomic E-state index is -3.83. The Hall–Kier alpha value is -2.89. The predicted molar refractivity (Wildman–Crippen MR) is 109 cm³/mol. The summed E-state index contributed by atoms with van der Waals surface area (Å²) in [7, 11) is -2.46.